The molecule has 1 aliphatic rings. The lowest BCUT2D eigenvalue weighted by molar-refractivity contribution is -0.123. The van der Waals surface area contributed by atoms with E-state index >= 15 is 0 Å². The average Bonchev–Trinajstić information content (AvgIpc) is 2.91. The fraction of sp³-hybridized carbons (Fsp3) is 0.312. The summed E-state index contributed by atoms with van der Waals surface area (Å²) in [4.78, 5) is 28.4. The molecule has 0 radical (unpaired) electrons. The maximum absolute atomic E-state index is 12.5. The number of aromatic nitrogens is 1. The Balaban J connectivity index is 1.86. The molecule has 2 N–H and O–H groups in total. The van der Waals surface area contributed by atoms with E-state index in [-0.39, 0.29) is 21.4 Å². The van der Waals surface area contributed by atoms with Crippen LogP contribution in [0.2, 0.25) is 0 Å². The van der Waals surface area contributed by atoms with Crippen LogP contribution in [0.4, 0.5) is 5.69 Å². The standard InChI is InChI=1S/C16H17N3O5S2/c1-4-12-15(20)18-11-7-10(5-6-13(11)24-12)26(22,23)19-16(21)14-8(2)17-9(3)25-14/h5-7,12H,4H2,1-3H3,(H,18,20)(H,19,21). The number of hydrogen-bond acceptors (Lipinski definition) is 7. The van der Waals surface area contributed by atoms with E-state index in [1.165, 1.54) is 18.2 Å². The zero-order valence-electron chi connectivity index (χ0n) is 14.3. The molecule has 138 valence electrons. The summed E-state index contributed by atoms with van der Waals surface area (Å²) in [5.74, 6) is -0.692. The number of rotatable bonds is 4. The number of anilines is 1. The van der Waals surface area contributed by atoms with E-state index in [0.29, 0.717) is 22.9 Å². The Morgan fingerprint density at radius 1 is 1.38 bits per heavy atom. The molecule has 1 aliphatic heterocycles. The number of aryl methyl sites for hydroxylation is 2. The minimum Gasteiger partial charge on any atom is -0.478 e. The number of amides is 2. The lowest BCUT2D eigenvalue weighted by Gasteiger charge is -2.25. The third-order valence-electron chi connectivity index (χ3n) is 3.79. The highest BCUT2D eigenvalue weighted by Gasteiger charge is 2.28. The molecule has 1 atom stereocenters. The maximum atomic E-state index is 12.5. The molecule has 1 unspecified atom stereocenters. The first kappa shape index (κ1) is 18.3. The topological polar surface area (TPSA) is 114 Å². The van der Waals surface area contributed by atoms with E-state index in [9.17, 15) is 18.0 Å². The zero-order valence-corrected chi connectivity index (χ0v) is 16.0. The van der Waals surface area contributed by atoms with Crippen molar-refractivity contribution in [2.24, 2.45) is 0 Å². The van der Waals surface area contributed by atoms with E-state index in [0.717, 1.165) is 11.3 Å². The molecule has 0 spiro atoms. The van der Waals surface area contributed by atoms with Crippen LogP contribution in [0.1, 0.15) is 33.7 Å². The Morgan fingerprint density at radius 2 is 2.12 bits per heavy atom. The van der Waals surface area contributed by atoms with Gasteiger partial charge in [-0.05, 0) is 38.5 Å². The first-order valence-electron chi connectivity index (χ1n) is 7.84. The molecule has 2 aromatic rings. The number of thiazole rings is 1. The normalized spacial score (nSPS) is 16.4. The van der Waals surface area contributed by atoms with Gasteiger partial charge in [-0.1, -0.05) is 6.92 Å². The maximum Gasteiger partial charge on any atom is 0.276 e. The van der Waals surface area contributed by atoms with Crippen LogP contribution in [0.3, 0.4) is 0 Å². The van der Waals surface area contributed by atoms with Crippen LogP contribution in [0.25, 0.3) is 0 Å². The summed E-state index contributed by atoms with van der Waals surface area (Å²) in [6, 6.07) is 4.04. The molecular weight excluding hydrogens is 378 g/mol. The van der Waals surface area contributed by atoms with Crippen molar-refractivity contribution in [3.05, 3.63) is 33.8 Å². The van der Waals surface area contributed by atoms with E-state index in [4.69, 9.17) is 4.74 Å². The highest BCUT2D eigenvalue weighted by molar-refractivity contribution is 7.90. The third-order valence-corrected chi connectivity index (χ3v) is 6.19. The lowest BCUT2D eigenvalue weighted by atomic mass is 10.2. The van der Waals surface area contributed by atoms with Crippen molar-refractivity contribution in [3.8, 4) is 5.75 Å². The molecule has 0 saturated carbocycles. The van der Waals surface area contributed by atoms with Crippen LogP contribution in [-0.4, -0.2) is 31.3 Å². The molecule has 10 heteroatoms. The largest absolute Gasteiger partial charge is 0.478 e. The first-order chi connectivity index (χ1) is 12.2. The van der Waals surface area contributed by atoms with Crippen molar-refractivity contribution in [1.82, 2.24) is 9.71 Å². The van der Waals surface area contributed by atoms with Gasteiger partial charge in [-0.2, -0.15) is 0 Å². The van der Waals surface area contributed by atoms with Gasteiger partial charge in [0.1, 0.15) is 10.6 Å². The van der Waals surface area contributed by atoms with Gasteiger partial charge in [-0.15, -0.1) is 11.3 Å². The van der Waals surface area contributed by atoms with Crippen LogP contribution in [0, 0.1) is 13.8 Å². The SMILES string of the molecule is CCC1Oc2ccc(S(=O)(=O)NC(=O)c3sc(C)nc3C)cc2NC1=O. The van der Waals surface area contributed by atoms with E-state index in [1.54, 1.807) is 13.8 Å². The molecule has 2 amide bonds. The monoisotopic (exact) mass is 395 g/mol. The number of ether oxygens (including phenoxy) is 1. The first-order valence-corrected chi connectivity index (χ1v) is 10.1. The van der Waals surface area contributed by atoms with E-state index in [2.05, 4.69) is 10.3 Å². The second-order valence-electron chi connectivity index (χ2n) is 5.74. The Bertz CT molecular complexity index is 997. The predicted molar refractivity (Wildman–Crippen MR) is 96.0 cm³/mol. The predicted octanol–water partition coefficient (Wildman–Crippen LogP) is 1.99. The van der Waals surface area contributed by atoms with Crippen molar-refractivity contribution < 1.29 is 22.7 Å². The lowest BCUT2D eigenvalue weighted by Crippen LogP contribution is -2.36. The van der Waals surface area contributed by atoms with Crippen molar-refractivity contribution in [3.63, 3.8) is 0 Å². The third kappa shape index (κ3) is 3.42. The van der Waals surface area contributed by atoms with Crippen LogP contribution >= 0.6 is 11.3 Å². The number of carbonyl (C=O) groups excluding carboxylic acids is 2. The molecule has 8 nitrogen and oxygen atoms in total. The number of hydrogen-bond donors (Lipinski definition) is 2. The molecule has 0 aliphatic carbocycles. The van der Waals surface area contributed by atoms with Gasteiger partial charge in [0.25, 0.3) is 21.8 Å². The van der Waals surface area contributed by atoms with Crippen molar-refractivity contribution in [2.45, 2.75) is 38.2 Å². The summed E-state index contributed by atoms with van der Waals surface area (Å²) in [5, 5.41) is 3.29. The molecular formula is C16H17N3O5S2. The summed E-state index contributed by atoms with van der Waals surface area (Å²) in [6.45, 7) is 5.19. The Morgan fingerprint density at radius 3 is 2.73 bits per heavy atom. The number of sulfonamides is 1. The Hall–Kier alpha value is -2.46. The fourth-order valence-corrected chi connectivity index (χ4v) is 4.40. The molecule has 1 aromatic carbocycles. The summed E-state index contributed by atoms with van der Waals surface area (Å²) >= 11 is 1.12. The van der Waals surface area contributed by atoms with Gasteiger partial charge >= 0.3 is 0 Å². The highest BCUT2D eigenvalue weighted by atomic mass is 32.2. The van der Waals surface area contributed by atoms with Crippen molar-refractivity contribution in [2.75, 3.05) is 5.32 Å². The van der Waals surface area contributed by atoms with E-state index in [1.807, 2.05) is 11.6 Å². The zero-order chi connectivity index (χ0) is 19.1. The number of nitrogens with one attached hydrogen (secondary N) is 2. The molecule has 1 aromatic heterocycles. The summed E-state index contributed by atoms with van der Waals surface area (Å²) in [6.07, 6.45) is -0.114. The van der Waals surface area contributed by atoms with Gasteiger partial charge in [0.05, 0.1) is 21.3 Å². The summed E-state index contributed by atoms with van der Waals surface area (Å²) in [5.41, 5.74) is 0.719. The van der Waals surface area contributed by atoms with Gasteiger partial charge in [0.15, 0.2) is 6.10 Å². The number of nitrogens with zero attached hydrogens (tertiary/aromatic N) is 1. The summed E-state index contributed by atoms with van der Waals surface area (Å²) in [7, 11) is -4.11. The second-order valence-corrected chi connectivity index (χ2v) is 8.63. The molecule has 2 heterocycles. The van der Waals surface area contributed by atoms with Crippen LogP contribution in [0.15, 0.2) is 23.1 Å². The molecule has 26 heavy (non-hydrogen) atoms. The van der Waals surface area contributed by atoms with Crippen molar-refractivity contribution >= 4 is 38.9 Å². The highest BCUT2D eigenvalue weighted by Crippen LogP contribution is 2.32. The van der Waals surface area contributed by atoms with Gasteiger partial charge in [-0.3, -0.25) is 9.59 Å². The van der Waals surface area contributed by atoms with Crippen molar-refractivity contribution in [1.29, 1.82) is 0 Å². The average molecular weight is 395 g/mol. The minimum atomic E-state index is -4.11. The molecule has 0 saturated heterocycles. The van der Waals surface area contributed by atoms with Gasteiger partial charge in [0.2, 0.25) is 0 Å². The molecule has 0 fully saturated rings. The van der Waals surface area contributed by atoms with Gasteiger partial charge < -0.3 is 10.1 Å². The van der Waals surface area contributed by atoms with Gasteiger partial charge in [-0.25, -0.2) is 18.1 Å². The Labute approximate surface area is 154 Å². The number of carbonyl (C=O) groups is 2. The molecule has 3 rings (SSSR count). The number of fused-ring (bicyclic) bond motifs is 1. The fourth-order valence-electron chi connectivity index (χ4n) is 2.53. The molecule has 0 bridgehead atoms. The Kier molecular flexibility index (Phi) is 4.72. The van der Waals surface area contributed by atoms with Crippen LogP contribution < -0.4 is 14.8 Å². The van der Waals surface area contributed by atoms with E-state index < -0.39 is 22.0 Å². The quantitative estimate of drug-likeness (QED) is 0.818. The summed E-state index contributed by atoms with van der Waals surface area (Å²) < 4.78 is 32.6. The smallest absolute Gasteiger partial charge is 0.276 e. The van der Waals surface area contributed by atoms with Gasteiger partial charge in [0, 0.05) is 0 Å². The second kappa shape index (κ2) is 6.69. The number of benzene rings is 1. The minimum absolute atomic E-state index is 0.151. The van der Waals surface area contributed by atoms with Crippen LogP contribution in [0.5, 0.6) is 5.75 Å². The van der Waals surface area contributed by atoms with Crippen LogP contribution in [-0.2, 0) is 14.8 Å².